The van der Waals surface area contributed by atoms with Crippen LogP contribution in [0.2, 0.25) is 0 Å². The molecule has 222 valence electrons. The number of benzene rings is 5. The minimum absolute atomic E-state index is 0.623. The van der Waals surface area contributed by atoms with E-state index in [1.807, 2.05) is 66.7 Å². The van der Waals surface area contributed by atoms with Crippen LogP contribution in [0.15, 0.2) is 132 Å². The highest BCUT2D eigenvalue weighted by Gasteiger charge is 2.40. The topological polar surface area (TPSA) is 64.7 Å². The second-order valence-corrected chi connectivity index (χ2v) is 12.7. The van der Waals surface area contributed by atoms with Crippen molar-refractivity contribution in [3.05, 3.63) is 133 Å². The number of oxazole rings is 1. The van der Waals surface area contributed by atoms with Crippen molar-refractivity contribution in [1.82, 2.24) is 19.9 Å². The molecule has 2 saturated carbocycles. The van der Waals surface area contributed by atoms with Gasteiger partial charge in [-0.05, 0) is 65.8 Å². The number of hydrogen-bond donors (Lipinski definition) is 0. The predicted molar refractivity (Wildman–Crippen MR) is 183 cm³/mol. The molecule has 3 unspecified atom stereocenters. The van der Waals surface area contributed by atoms with E-state index in [4.69, 9.17) is 19.4 Å². The first-order valence-corrected chi connectivity index (χ1v) is 16.2. The van der Waals surface area contributed by atoms with E-state index in [1.54, 1.807) is 6.39 Å². The van der Waals surface area contributed by atoms with Crippen LogP contribution in [0.5, 0.6) is 0 Å². The van der Waals surface area contributed by atoms with Crippen LogP contribution in [-0.2, 0) is 0 Å². The lowest BCUT2D eigenvalue weighted by molar-refractivity contribution is 0.420. The van der Waals surface area contributed by atoms with Crippen LogP contribution in [0.25, 0.3) is 67.5 Å². The first-order valence-electron chi connectivity index (χ1n) is 16.2. The lowest BCUT2D eigenvalue weighted by Crippen LogP contribution is -2.08. The lowest BCUT2D eigenvalue weighted by Gasteiger charge is -2.22. The first kappa shape index (κ1) is 26.9. The van der Waals surface area contributed by atoms with E-state index >= 15 is 0 Å². The Morgan fingerprint density at radius 1 is 0.522 bits per heavy atom. The van der Waals surface area contributed by atoms with Crippen LogP contribution in [0.1, 0.15) is 37.2 Å². The Hall–Kier alpha value is -5.42. The number of nitrogens with zero attached hydrogens (tertiary/aromatic N) is 4. The Kier molecular flexibility index (Phi) is 6.55. The minimum Gasteiger partial charge on any atom is -0.443 e. The highest BCUT2D eigenvalue weighted by atomic mass is 16.3. The molecule has 0 spiro atoms. The number of hydrogen-bond acceptors (Lipinski definition) is 5. The van der Waals surface area contributed by atoms with Crippen LogP contribution in [0, 0.1) is 11.8 Å². The third-order valence-corrected chi connectivity index (χ3v) is 10.0. The molecule has 0 radical (unpaired) electrons. The third-order valence-electron chi connectivity index (χ3n) is 10.0. The van der Waals surface area contributed by atoms with E-state index in [-0.39, 0.29) is 0 Å². The van der Waals surface area contributed by atoms with Crippen molar-refractivity contribution in [2.75, 3.05) is 0 Å². The monoisotopic (exact) mass is 596 g/mol. The van der Waals surface area contributed by atoms with Gasteiger partial charge in [-0.3, -0.25) is 0 Å². The molecule has 2 aromatic heterocycles. The normalized spacial score (nSPS) is 18.7. The average molecular weight is 597 g/mol. The molecule has 2 aliphatic rings. The average Bonchev–Trinajstić information content (AvgIpc) is 3.91. The van der Waals surface area contributed by atoms with E-state index in [2.05, 4.69) is 59.6 Å². The maximum atomic E-state index is 6.04. The van der Waals surface area contributed by atoms with Crippen molar-refractivity contribution in [3.8, 4) is 56.4 Å². The maximum absolute atomic E-state index is 6.04. The Morgan fingerprint density at radius 2 is 1.15 bits per heavy atom. The Labute approximate surface area is 268 Å². The molecule has 2 fully saturated rings. The zero-order chi connectivity index (χ0) is 30.5. The summed E-state index contributed by atoms with van der Waals surface area (Å²) in [5.41, 5.74) is 10.2. The van der Waals surface area contributed by atoms with Gasteiger partial charge in [0.05, 0.1) is 0 Å². The second kappa shape index (κ2) is 11.2. The summed E-state index contributed by atoms with van der Waals surface area (Å²) in [4.78, 5) is 19.4. The number of aromatic nitrogens is 4. The fourth-order valence-electron chi connectivity index (χ4n) is 7.74. The van der Waals surface area contributed by atoms with Crippen molar-refractivity contribution in [2.24, 2.45) is 11.8 Å². The molecule has 5 nitrogen and oxygen atoms in total. The van der Waals surface area contributed by atoms with E-state index in [1.165, 1.54) is 31.2 Å². The molecule has 3 atom stereocenters. The number of fused-ring (bicyclic) bond motifs is 3. The van der Waals surface area contributed by atoms with Gasteiger partial charge in [-0.15, -0.1) is 0 Å². The maximum Gasteiger partial charge on any atom is 0.182 e. The molecule has 2 heterocycles. The Morgan fingerprint density at radius 3 is 1.80 bits per heavy atom. The second-order valence-electron chi connectivity index (χ2n) is 12.7. The van der Waals surface area contributed by atoms with E-state index < -0.39 is 0 Å². The fraction of sp³-hybridized carbons (Fsp3) is 0.171. The van der Waals surface area contributed by atoms with Gasteiger partial charge in [0.25, 0.3) is 0 Å². The zero-order valence-electron chi connectivity index (χ0n) is 25.4. The first-order chi connectivity index (χ1) is 22.8. The molecule has 46 heavy (non-hydrogen) atoms. The molecule has 2 aliphatic carbocycles. The summed E-state index contributed by atoms with van der Waals surface area (Å²) in [6, 6.07) is 41.9. The smallest absolute Gasteiger partial charge is 0.182 e. The summed E-state index contributed by atoms with van der Waals surface area (Å²) in [6.45, 7) is 0. The molecule has 0 aliphatic heterocycles. The summed E-state index contributed by atoms with van der Waals surface area (Å²) < 4.78 is 6.04. The van der Waals surface area contributed by atoms with Crippen LogP contribution >= 0.6 is 0 Å². The standard InChI is InChI=1S/C41H32N4O/c1-3-8-29(9-4-1)39-43-40(30-10-5-2-6-11-30)45-41(44-39)33-13-7-12-31(24-33)34-20-21-35(38-37(34)42-25-46-38)27-16-18-28(19-17-27)36-23-26-14-15-32(36)22-26/h1-13,16-21,24-26,32,36H,14-15,22-23H2. The highest BCUT2D eigenvalue weighted by Crippen LogP contribution is 2.53. The van der Waals surface area contributed by atoms with Crippen LogP contribution < -0.4 is 0 Å². The Bertz CT molecular complexity index is 2120. The molecule has 5 heteroatoms. The van der Waals surface area contributed by atoms with E-state index in [9.17, 15) is 0 Å². The zero-order valence-corrected chi connectivity index (χ0v) is 25.4. The van der Waals surface area contributed by atoms with Gasteiger partial charge in [-0.25, -0.2) is 19.9 Å². The SMILES string of the molecule is c1ccc(-c2nc(-c3ccccc3)nc(-c3cccc(-c4ccc(-c5ccc(C6CC7CCC6C7)cc5)c5ocnc45)c3)n2)cc1. The number of rotatable bonds is 6. The summed E-state index contributed by atoms with van der Waals surface area (Å²) in [5.74, 6) is 4.45. The molecule has 0 N–H and O–H groups in total. The molecular weight excluding hydrogens is 564 g/mol. The van der Waals surface area contributed by atoms with Crippen molar-refractivity contribution in [1.29, 1.82) is 0 Å². The fourth-order valence-corrected chi connectivity index (χ4v) is 7.74. The molecule has 5 aromatic carbocycles. The summed E-state index contributed by atoms with van der Waals surface area (Å²) in [7, 11) is 0. The van der Waals surface area contributed by atoms with Crippen molar-refractivity contribution < 1.29 is 4.42 Å². The molecular formula is C41H32N4O. The highest BCUT2D eigenvalue weighted by molar-refractivity contribution is 5.99. The van der Waals surface area contributed by atoms with Gasteiger partial charge in [0, 0.05) is 27.8 Å². The molecule has 0 amide bonds. The summed E-state index contributed by atoms with van der Waals surface area (Å²) >= 11 is 0. The van der Waals surface area contributed by atoms with Gasteiger partial charge in [-0.1, -0.05) is 116 Å². The van der Waals surface area contributed by atoms with Gasteiger partial charge in [0.15, 0.2) is 29.4 Å². The third kappa shape index (κ3) is 4.80. The van der Waals surface area contributed by atoms with Gasteiger partial charge < -0.3 is 4.42 Å². The summed E-state index contributed by atoms with van der Waals surface area (Å²) in [6.07, 6.45) is 7.15. The van der Waals surface area contributed by atoms with Crippen molar-refractivity contribution in [2.45, 2.75) is 31.6 Å². The quantitative estimate of drug-likeness (QED) is 0.191. The van der Waals surface area contributed by atoms with Crippen LogP contribution in [0.4, 0.5) is 0 Å². The van der Waals surface area contributed by atoms with E-state index in [0.717, 1.165) is 67.8 Å². The lowest BCUT2D eigenvalue weighted by atomic mass is 9.83. The Balaban J connectivity index is 1.08. The largest absolute Gasteiger partial charge is 0.443 e. The van der Waals surface area contributed by atoms with Crippen LogP contribution in [0.3, 0.4) is 0 Å². The van der Waals surface area contributed by atoms with Crippen LogP contribution in [-0.4, -0.2) is 19.9 Å². The molecule has 0 saturated heterocycles. The predicted octanol–water partition coefficient (Wildman–Crippen LogP) is 10.3. The van der Waals surface area contributed by atoms with Crippen molar-refractivity contribution in [3.63, 3.8) is 0 Å². The molecule has 7 aromatic rings. The molecule has 9 rings (SSSR count). The van der Waals surface area contributed by atoms with Gasteiger partial charge in [0.1, 0.15) is 5.52 Å². The van der Waals surface area contributed by atoms with E-state index in [0.29, 0.717) is 17.5 Å². The van der Waals surface area contributed by atoms with Gasteiger partial charge >= 0.3 is 0 Å². The minimum atomic E-state index is 0.623. The van der Waals surface area contributed by atoms with Gasteiger partial charge in [-0.2, -0.15) is 0 Å². The van der Waals surface area contributed by atoms with Gasteiger partial charge in [0.2, 0.25) is 0 Å². The summed E-state index contributed by atoms with van der Waals surface area (Å²) in [5, 5.41) is 0. The van der Waals surface area contributed by atoms with Crippen molar-refractivity contribution >= 4 is 11.1 Å². The molecule has 2 bridgehead atoms.